The van der Waals surface area contributed by atoms with E-state index in [0.29, 0.717) is 19.6 Å². The van der Waals surface area contributed by atoms with Crippen molar-refractivity contribution in [3.05, 3.63) is 71.0 Å². The molecular weight excluding hydrogens is 359 g/mol. The smallest absolute Gasteiger partial charge is 0.252 e. The third-order valence-electron chi connectivity index (χ3n) is 5.86. The van der Waals surface area contributed by atoms with Crippen molar-refractivity contribution in [1.29, 1.82) is 0 Å². The lowest BCUT2D eigenvalue weighted by Crippen LogP contribution is -2.53. The Balaban J connectivity index is 1.69. The topological polar surface area (TPSA) is 75.8 Å². The molecule has 0 unspecified atom stereocenters. The average Bonchev–Trinajstić information content (AvgIpc) is 2.73. The first-order valence-electron chi connectivity index (χ1n) is 9.68. The van der Waals surface area contributed by atoms with Crippen molar-refractivity contribution in [2.45, 2.75) is 37.0 Å². The highest BCUT2D eigenvalue weighted by Crippen LogP contribution is 2.37. The van der Waals surface area contributed by atoms with E-state index in [9.17, 15) is 14.3 Å². The molecule has 0 aliphatic carbocycles. The number of carbonyl (C=O) groups is 1. The van der Waals surface area contributed by atoms with Crippen LogP contribution in [0.15, 0.2) is 48.5 Å². The summed E-state index contributed by atoms with van der Waals surface area (Å²) in [5.41, 5.74) is 7.71. The number of nitrogens with zero attached hydrogens (tertiary/aromatic N) is 1. The molecule has 1 saturated heterocycles. The molecule has 6 heteroatoms. The molecule has 3 N–H and O–H groups in total. The van der Waals surface area contributed by atoms with E-state index in [-0.39, 0.29) is 30.7 Å². The summed E-state index contributed by atoms with van der Waals surface area (Å²) in [6.07, 6.45) is 0.636. The number of carbonyl (C=O) groups excluding carboxylic acids is 1. The lowest BCUT2D eigenvalue weighted by Gasteiger charge is -2.42. The number of aliphatic hydroxyl groups is 1. The van der Waals surface area contributed by atoms with E-state index >= 15 is 0 Å². The number of fused-ring (bicyclic) bond motifs is 1. The van der Waals surface area contributed by atoms with Gasteiger partial charge in [-0.1, -0.05) is 36.4 Å². The summed E-state index contributed by atoms with van der Waals surface area (Å²) in [6, 6.07) is 14.0. The van der Waals surface area contributed by atoms with Gasteiger partial charge in [0.25, 0.3) is 5.91 Å². The molecule has 4 rings (SSSR count). The number of nitrogens with two attached hydrogens (primary N) is 1. The number of ether oxygens (including phenoxy) is 1. The molecule has 2 aliphatic rings. The van der Waals surface area contributed by atoms with Crippen LogP contribution in [0.5, 0.6) is 0 Å². The summed E-state index contributed by atoms with van der Waals surface area (Å²) < 4.78 is 19.2. The van der Waals surface area contributed by atoms with Crippen molar-refractivity contribution >= 4 is 5.91 Å². The van der Waals surface area contributed by atoms with Crippen molar-refractivity contribution < 1.29 is 19.0 Å². The third-order valence-corrected chi connectivity index (χ3v) is 5.86. The molecule has 2 aromatic rings. The van der Waals surface area contributed by atoms with E-state index in [1.54, 1.807) is 17.0 Å². The average molecular weight is 384 g/mol. The van der Waals surface area contributed by atoms with E-state index in [2.05, 4.69) is 6.07 Å². The number of hydrogen-bond donors (Lipinski definition) is 2. The van der Waals surface area contributed by atoms with Gasteiger partial charge in [-0.15, -0.1) is 0 Å². The second kappa shape index (κ2) is 7.62. The Labute approximate surface area is 163 Å². The molecule has 1 fully saturated rings. The minimum absolute atomic E-state index is 0.102. The van der Waals surface area contributed by atoms with Crippen LogP contribution < -0.4 is 5.73 Å². The number of halogens is 1. The Morgan fingerprint density at radius 1 is 1.25 bits per heavy atom. The highest BCUT2D eigenvalue weighted by atomic mass is 19.1. The highest BCUT2D eigenvalue weighted by Gasteiger charge is 2.41. The van der Waals surface area contributed by atoms with Crippen molar-refractivity contribution in [2.75, 3.05) is 19.7 Å². The maximum atomic E-state index is 13.5. The number of benzene rings is 2. The Morgan fingerprint density at radius 2 is 2.00 bits per heavy atom. The monoisotopic (exact) mass is 384 g/mol. The van der Waals surface area contributed by atoms with E-state index in [1.807, 2.05) is 18.2 Å². The molecule has 0 aromatic heterocycles. The van der Waals surface area contributed by atoms with E-state index in [4.69, 9.17) is 10.5 Å². The lowest BCUT2D eigenvalue weighted by molar-refractivity contribution is -0.160. The van der Waals surface area contributed by atoms with Crippen LogP contribution in [0.2, 0.25) is 0 Å². The predicted octanol–water partition coefficient (Wildman–Crippen LogP) is 2.17. The zero-order chi connectivity index (χ0) is 19.7. The van der Waals surface area contributed by atoms with Crippen LogP contribution in [0.1, 0.15) is 35.6 Å². The quantitative estimate of drug-likeness (QED) is 0.851. The molecule has 2 heterocycles. The Bertz CT molecular complexity index is 857. The molecule has 0 radical (unpaired) electrons. The SMILES string of the molecule is NC[C@@]1(O)CCO[C@@H](C(=O)N2CCc3ccccc3[C@@H]2c2ccc(F)cc2)C1. The Kier molecular flexibility index (Phi) is 5.19. The third kappa shape index (κ3) is 3.55. The van der Waals surface area contributed by atoms with Gasteiger partial charge < -0.3 is 20.5 Å². The van der Waals surface area contributed by atoms with Crippen molar-refractivity contribution in [3.8, 4) is 0 Å². The normalized spacial score (nSPS) is 27.3. The largest absolute Gasteiger partial charge is 0.388 e. The fraction of sp³-hybridized carbons (Fsp3) is 0.409. The zero-order valence-corrected chi connectivity index (χ0v) is 15.7. The second-order valence-electron chi connectivity index (χ2n) is 7.68. The summed E-state index contributed by atoms with van der Waals surface area (Å²) in [5.74, 6) is -0.468. The molecule has 5 nitrogen and oxygen atoms in total. The molecule has 1 amide bonds. The Hall–Kier alpha value is -2.28. The highest BCUT2D eigenvalue weighted by molar-refractivity contribution is 5.82. The van der Waals surface area contributed by atoms with Gasteiger partial charge in [0.1, 0.15) is 11.9 Å². The van der Waals surface area contributed by atoms with E-state index in [0.717, 1.165) is 17.5 Å². The fourth-order valence-electron chi connectivity index (χ4n) is 4.23. The first-order valence-corrected chi connectivity index (χ1v) is 9.68. The maximum Gasteiger partial charge on any atom is 0.252 e. The lowest BCUT2D eigenvalue weighted by atomic mass is 9.86. The van der Waals surface area contributed by atoms with Crippen LogP contribution in [0.25, 0.3) is 0 Å². The summed E-state index contributed by atoms with van der Waals surface area (Å²) in [4.78, 5) is 15.2. The number of rotatable bonds is 3. The van der Waals surface area contributed by atoms with E-state index < -0.39 is 11.7 Å². The summed E-state index contributed by atoms with van der Waals surface area (Å²) >= 11 is 0. The maximum absolute atomic E-state index is 13.5. The molecule has 148 valence electrons. The fourth-order valence-corrected chi connectivity index (χ4v) is 4.23. The first kappa shape index (κ1) is 19.1. The van der Waals surface area contributed by atoms with Crippen LogP contribution in [0.3, 0.4) is 0 Å². The van der Waals surface area contributed by atoms with Crippen molar-refractivity contribution in [2.24, 2.45) is 5.73 Å². The van der Waals surface area contributed by atoms with Gasteiger partial charge in [0, 0.05) is 25.9 Å². The zero-order valence-electron chi connectivity index (χ0n) is 15.7. The molecule has 3 atom stereocenters. The van der Waals surface area contributed by atoms with Crippen LogP contribution >= 0.6 is 0 Å². The first-order chi connectivity index (χ1) is 13.5. The molecule has 0 bridgehead atoms. The molecule has 2 aliphatic heterocycles. The number of hydrogen-bond acceptors (Lipinski definition) is 4. The Morgan fingerprint density at radius 3 is 2.75 bits per heavy atom. The standard InChI is InChI=1S/C22H25FN2O3/c23-17-7-5-16(6-8-17)20-18-4-2-1-3-15(18)9-11-25(20)21(26)19-13-22(27,14-24)10-12-28-19/h1-8,19-20,27H,9-14,24H2/t19-,20+,22-/m1/s1. The molecule has 2 aromatic carbocycles. The van der Waals surface area contributed by atoms with Gasteiger partial charge in [0.2, 0.25) is 0 Å². The van der Waals surface area contributed by atoms with Crippen LogP contribution in [0.4, 0.5) is 4.39 Å². The van der Waals surface area contributed by atoms with Gasteiger partial charge in [-0.05, 0) is 35.2 Å². The van der Waals surface area contributed by atoms with Gasteiger partial charge in [-0.25, -0.2) is 4.39 Å². The summed E-state index contributed by atoms with van der Waals surface area (Å²) in [6.45, 7) is 0.943. The molecule has 28 heavy (non-hydrogen) atoms. The minimum Gasteiger partial charge on any atom is -0.388 e. The predicted molar refractivity (Wildman–Crippen MR) is 103 cm³/mol. The van der Waals surface area contributed by atoms with Crippen molar-refractivity contribution in [3.63, 3.8) is 0 Å². The molecular formula is C22H25FN2O3. The van der Waals surface area contributed by atoms with Gasteiger partial charge in [-0.3, -0.25) is 4.79 Å². The molecule has 0 spiro atoms. The summed E-state index contributed by atoms with van der Waals surface area (Å²) in [5, 5.41) is 10.6. The minimum atomic E-state index is -1.07. The molecule has 0 saturated carbocycles. The van der Waals surface area contributed by atoms with Gasteiger partial charge in [0.15, 0.2) is 0 Å². The van der Waals surface area contributed by atoms with Gasteiger partial charge >= 0.3 is 0 Å². The van der Waals surface area contributed by atoms with Crippen LogP contribution in [-0.2, 0) is 16.0 Å². The van der Waals surface area contributed by atoms with E-state index in [1.165, 1.54) is 17.7 Å². The number of amides is 1. The van der Waals surface area contributed by atoms with Crippen LogP contribution in [-0.4, -0.2) is 47.3 Å². The summed E-state index contributed by atoms with van der Waals surface area (Å²) in [7, 11) is 0. The van der Waals surface area contributed by atoms with Crippen molar-refractivity contribution in [1.82, 2.24) is 4.90 Å². The van der Waals surface area contributed by atoms with Crippen LogP contribution in [0, 0.1) is 5.82 Å². The second-order valence-corrected chi connectivity index (χ2v) is 7.68. The van der Waals surface area contributed by atoms with Gasteiger partial charge in [0.05, 0.1) is 18.2 Å². The van der Waals surface area contributed by atoms with Gasteiger partial charge in [-0.2, -0.15) is 0 Å².